The Balaban J connectivity index is 0.00000320. The van der Waals surface area contributed by atoms with Crippen molar-refractivity contribution in [3.63, 3.8) is 0 Å². The van der Waals surface area contributed by atoms with Crippen molar-refractivity contribution in [2.45, 2.75) is 26.8 Å². The second kappa shape index (κ2) is 10.7. The van der Waals surface area contributed by atoms with E-state index in [9.17, 15) is 14.3 Å². The second-order valence-electron chi connectivity index (χ2n) is 8.71. The van der Waals surface area contributed by atoms with Gasteiger partial charge in [0.2, 0.25) is 0 Å². The van der Waals surface area contributed by atoms with Crippen LogP contribution in [0.4, 0.5) is 21.6 Å². The number of pyridine rings is 3. The van der Waals surface area contributed by atoms with Crippen LogP contribution in [0.15, 0.2) is 48.8 Å². The Labute approximate surface area is 219 Å². The maximum atomic E-state index is 14.1. The first-order valence-corrected chi connectivity index (χ1v) is 11.9. The first-order chi connectivity index (χ1) is 17.3. The van der Waals surface area contributed by atoms with Crippen molar-refractivity contribution in [3.8, 4) is 17.0 Å². The number of carbonyl (C=O) groups excluding carboxylic acids is 1. The van der Waals surface area contributed by atoms with E-state index in [0.29, 0.717) is 45.3 Å². The van der Waals surface area contributed by atoms with E-state index in [4.69, 9.17) is 11.6 Å². The molecule has 1 saturated heterocycles. The number of fused-ring (bicyclic) bond motifs is 1. The number of nitrogens with one attached hydrogen (secondary N) is 2. The molecule has 0 radical (unpaired) electrons. The summed E-state index contributed by atoms with van der Waals surface area (Å²) in [5.41, 5.74) is 3.31. The van der Waals surface area contributed by atoms with Gasteiger partial charge in [0.15, 0.2) is 17.3 Å². The number of carbonyl (C=O) groups is 1. The maximum Gasteiger partial charge on any atom is 0.170 e. The third kappa shape index (κ3) is 5.19. The van der Waals surface area contributed by atoms with Crippen molar-refractivity contribution in [2.75, 3.05) is 30.4 Å². The van der Waals surface area contributed by atoms with Crippen molar-refractivity contribution >= 4 is 45.6 Å². The molecule has 0 amide bonds. The lowest BCUT2D eigenvalue weighted by molar-refractivity contribution is 0.101. The zero-order chi connectivity index (χ0) is 25.4. The van der Waals surface area contributed by atoms with E-state index in [0.717, 1.165) is 31.4 Å². The number of hydrogen-bond donors (Lipinski definition) is 3. The Morgan fingerprint density at radius 2 is 2.00 bits per heavy atom. The zero-order valence-electron chi connectivity index (χ0n) is 19.7. The zero-order valence-corrected chi connectivity index (χ0v) is 20.5. The normalized spacial score (nSPS) is 15.0. The minimum Gasteiger partial charge on any atom is -0.504 e. The highest BCUT2D eigenvalue weighted by Gasteiger charge is 2.22. The standard InChI is InChI=1S/C26H24ClFN6O2.CH4/c1-14(35)18-12-30-22-5-4-21(15-9-19(27)26(36)20(28)10-15)33-25(22)24(18)32-16-3-6-23(31-11-16)34-8-7-17(13-34)29-2;/h3-6,9-12,17,29,36H,7-8,13H2,1-2H3,(H,30,32);1H4. The number of benzene rings is 1. The van der Waals surface area contributed by atoms with Gasteiger partial charge in [-0.2, -0.15) is 0 Å². The van der Waals surface area contributed by atoms with E-state index in [1.165, 1.54) is 19.2 Å². The quantitative estimate of drug-likeness (QED) is 0.282. The number of anilines is 3. The minimum absolute atomic E-state index is 0. The van der Waals surface area contributed by atoms with Crippen LogP contribution in [0.3, 0.4) is 0 Å². The molecule has 0 spiro atoms. The van der Waals surface area contributed by atoms with Gasteiger partial charge in [-0.3, -0.25) is 9.78 Å². The molecule has 4 heterocycles. The number of ketones is 1. The van der Waals surface area contributed by atoms with E-state index in [2.05, 4.69) is 30.5 Å². The summed E-state index contributed by atoms with van der Waals surface area (Å²) in [4.78, 5) is 28.3. The van der Waals surface area contributed by atoms with Gasteiger partial charge in [0, 0.05) is 30.9 Å². The van der Waals surface area contributed by atoms with Crippen LogP contribution in [0.1, 0.15) is 31.1 Å². The minimum atomic E-state index is -0.849. The molecule has 192 valence electrons. The van der Waals surface area contributed by atoms with Crippen LogP contribution in [0.2, 0.25) is 5.02 Å². The molecule has 37 heavy (non-hydrogen) atoms. The van der Waals surface area contributed by atoms with E-state index in [-0.39, 0.29) is 18.2 Å². The van der Waals surface area contributed by atoms with Crippen LogP contribution in [0.25, 0.3) is 22.3 Å². The van der Waals surface area contributed by atoms with Gasteiger partial charge < -0.3 is 20.6 Å². The molecular formula is C27H28ClFN6O2. The predicted octanol–water partition coefficient (Wildman–Crippen LogP) is 5.57. The third-order valence-electron chi connectivity index (χ3n) is 6.34. The van der Waals surface area contributed by atoms with Crippen LogP contribution < -0.4 is 15.5 Å². The molecule has 4 aromatic rings. The molecule has 1 fully saturated rings. The van der Waals surface area contributed by atoms with Crippen LogP contribution in [-0.4, -0.2) is 52.0 Å². The lowest BCUT2D eigenvalue weighted by Crippen LogP contribution is -2.29. The van der Waals surface area contributed by atoms with Crippen molar-refractivity contribution < 1.29 is 14.3 Å². The van der Waals surface area contributed by atoms with E-state index >= 15 is 0 Å². The SMILES string of the molecule is C.CNC1CCN(c2ccc(Nc3c(C(C)=O)cnc4ccc(-c5cc(F)c(O)c(Cl)c5)nc34)cn2)C1. The number of phenolic OH excluding ortho intramolecular Hbond substituents is 1. The summed E-state index contributed by atoms with van der Waals surface area (Å²) in [6.07, 6.45) is 4.29. The van der Waals surface area contributed by atoms with E-state index in [1.807, 2.05) is 19.2 Å². The molecule has 0 aliphatic carbocycles. The largest absolute Gasteiger partial charge is 0.504 e. The number of aromatic hydroxyl groups is 1. The monoisotopic (exact) mass is 522 g/mol. The first-order valence-electron chi connectivity index (χ1n) is 11.5. The number of aromatic nitrogens is 3. The fraction of sp³-hybridized carbons (Fsp3) is 0.259. The van der Waals surface area contributed by atoms with Gasteiger partial charge in [0.25, 0.3) is 0 Å². The Morgan fingerprint density at radius 1 is 1.19 bits per heavy atom. The Morgan fingerprint density at radius 3 is 2.65 bits per heavy atom. The number of rotatable bonds is 6. The molecule has 1 aliphatic rings. The smallest absolute Gasteiger partial charge is 0.170 e. The lowest BCUT2D eigenvalue weighted by Gasteiger charge is -2.18. The molecule has 1 aromatic carbocycles. The number of likely N-dealkylation sites (N-methyl/N-ethyl adjacent to an activating group) is 1. The summed E-state index contributed by atoms with van der Waals surface area (Å²) < 4.78 is 14.1. The molecule has 0 bridgehead atoms. The molecule has 3 aromatic heterocycles. The van der Waals surface area contributed by atoms with Gasteiger partial charge in [-0.1, -0.05) is 19.0 Å². The number of phenols is 1. The predicted molar refractivity (Wildman–Crippen MR) is 146 cm³/mol. The lowest BCUT2D eigenvalue weighted by atomic mass is 10.1. The highest BCUT2D eigenvalue weighted by Crippen LogP contribution is 2.34. The van der Waals surface area contributed by atoms with Crippen molar-refractivity contribution in [3.05, 3.63) is 65.2 Å². The summed E-state index contributed by atoms with van der Waals surface area (Å²) >= 11 is 5.97. The van der Waals surface area contributed by atoms with Crippen molar-refractivity contribution in [1.82, 2.24) is 20.3 Å². The van der Waals surface area contributed by atoms with Gasteiger partial charge in [-0.15, -0.1) is 0 Å². The number of halogens is 2. The molecule has 10 heteroatoms. The number of nitrogens with zero attached hydrogens (tertiary/aromatic N) is 4. The molecule has 8 nitrogen and oxygen atoms in total. The fourth-order valence-electron chi connectivity index (χ4n) is 4.33. The molecular weight excluding hydrogens is 495 g/mol. The Bertz CT molecular complexity index is 1440. The van der Waals surface area contributed by atoms with Gasteiger partial charge in [-0.25, -0.2) is 14.4 Å². The third-order valence-corrected chi connectivity index (χ3v) is 6.63. The van der Waals surface area contributed by atoms with Gasteiger partial charge in [0.1, 0.15) is 11.3 Å². The number of hydrogen-bond acceptors (Lipinski definition) is 8. The van der Waals surface area contributed by atoms with Crippen LogP contribution >= 0.6 is 11.6 Å². The van der Waals surface area contributed by atoms with Crippen molar-refractivity contribution in [1.29, 1.82) is 0 Å². The summed E-state index contributed by atoms with van der Waals surface area (Å²) in [6.45, 7) is 3.29. The fourth-order valence-corrected chi connectivity index (χ4v) is 4.54. The maximum absolute atomic E-state index is 14.1. The molecule has 1 aliphatic heterocycles. The average Bonchev–Trinajstić information content (AvgIpc) is 3.36. The molecule has 0 saturated carbocycles. The molecule has 1 atom stereocenters. The molecule has 5 rings (SSSR count). The van der Waals surface area contributed by atoms with E-state index < -0.39 is 11.6 Å². The summed E-state index contributed by atoms with van der Waals surface area (Å²) in [6, 6.07) is 10.3. The summed E-state index contributed by atoms with van der Waals surface area (Å²) in [5.74, 6) is -0.761. The second-order valence-corrected chi connectivity index (χ2v) is 9.11. The van der Waals surface area contributed by atoms with Crippen LogP contribution in [-0.2, 0) is 0 Å². The van der Waals surface area contributed by atoms with Gasteiger partial charge >= 0.3 is 0 Å². The van der Waals surface area contributed by atoms with E-state index in [1.54, 1.807) is 18.3 Å². The summed E-state index contributed by atoms with van der Waals surface area (Å²) in [7, 11) is 1.96. The molecule has 1 unspecified atom stereocenters. The average molecular weight is 523 g/mol. The van der Waals surface area contributed by atoms with Gasteiger partial charge in [0.05, 0.1) is 39.4 Å². The highest BCUT2D eigenvalue weighted by atomic mass is 35.5. The Kier molecular flexibility index (Phi) is 7.56. The van der Waals surface area contributed by atoms with Crippen molar-refractivity contribution in [2.24, 2.45) is 0 Å². The van der Waals surface area contributed by atoms with Gasteiger partial charge in [-0.05, 0) is 56.8 Å². The van der Waals surface area contributed by atoms with Crippen LogP contribution in [0, 0.1) is 5.82 Å². The Hall–Kier alpha value is -3.82. The number of Topliss-reactive ketones (excluding diaryl/α,β-unsaturated/α-hetero) is 1. The molecule has 3 N–H and O–H groups in total. The first kappa shape index (κ1) is 26.2. The highest BCUT2D eigenvalue weighted by molar-refractivity contribution is 6.32. The topological polar surface area (TPSA) is 103 Å². The summed E-state index contributed by atoms with van der Waals surface area (Å²) in [5, 5.41) is 16.1. The van der Waals surface area contributed by atoms with Crippen LogP contribution in [0.5, 0.6) is 5.75 Å².